The molecule has 0 saturated heterocycles. The minimum absolute atomic E-state index is 0.438. The second-order valence-electron chi connectivity index (χ2n) is 4.43. The van der Waals surface area contributed by atoms with Crippen molar-refractivity contribution in [2.45, 2.75) is 26.4 Å². The summed E-state index contributed by atoms with van der Waals surface area (Å²) in [6.45, 7) is 5.04. The second-order valence-corrected chi connectivity index (χ2v) is 5.73. The van der Waals surface area contributed by atoms with E-state index in [9.17, 15) is 0 Å². The third-order valence-electron chi connectivity index (χ3n) is 2.63. The minimum Gasteiger partial charge on any atom is -0.463 e. The van der Waals surface area contributed by atoms with Crippen molar-refractivity contribution in [3.8, 4) is 11.3 Å². The fourth-order valence-corrected chi connectivity index (χ4v) is 2.30. The molecule has 2 rings (SSSR count). The molecule has 0 spiro atoms. The van der Waals surface area contributed by atoms with Crippen LogP contribution in [0.3, 0.4) is 0 Å². The summed E-state index contributed by atoms with van der Waals surface area (Å²) in [6, 6.07) is 8.19. The molecule has 1 N–H and O–H groups in total. The van der Waals surface area contributed by atoms with Crippen molar-refractivity contribution in [3.63, 3.8) is 0 Å². The van der Waals surface area contributed by atoms with Crippen molar-refractivity contribution < 1.29 is 4.42 Å². The van der Waals surface area contributed by atoms with Crippen LogP contribution in [-0.4, -0.2) is 6.04 Å². The van der Waals surface area contributed by atoms with Gasteiger partial charge in [0, 0.05) is 23.2 Å². The lowest BCUT2D eigenvalue weighted by atomic mass is 10.1. The van der Waals surface area contributed by atoms with Crippen LogP contribution in [-0.2, 0) is 6.54 Å². The average molecular weight is 329 g/mol. The SMILES string of the molecule is CC(C)NCc1ccc(Cl)cc1-c1occc1Br. The molecule has 0 aliphatic rings. The molecule has 1 heterocycles. The van der Waals surface area contributed by atoms with Gasteiger partial charge in [0.05, 0.1) is 10.7 Å². The molecule has 2 aromatic rings. The number of nitrogens with one attached hydrogen (secondary N) is 1. The van der Waals surface area contributed by atoms with Crippen molar-refractivity contribution >= 4 is 27.5 Å². The summed E-state index contributed by atoms with van der Waals surface area (Å²) >= 11 is 9.56. The molecule has 1 aromatic heterocycles. The van der Waals surface area contributed by atoms with Gasteiger partial charge < -0.3 is 9.73 Å². The van der Waals surface area contributed by atoms with Gasteiger partial charge >= 0.3 is 0 Å². The van der Waals surface area contributed by atoms with Crippen LogP contribution >= 0.6 is 27.5 Å². The van der Waals surface area contributed by atoms with Crippen LogP contribution in [0.5, 0.6) is 0 Å². The van der Waals surface area contributed by atoms with E-state index in [1.165, 1.54) is 5.56 Å². The lowest BCUT2D eigenvalue weighted by molar-refractivity contribution is 0.572. The predicted octanol–water partition coefficient (Wildman–Crippen LogP) is 4.86. The van der Waals surface area contributed by atoms with Gasteiger partial charge in [-0.1, -0.05) is 31.5 Å². The number of hydrogen-bond donors (Lipinski definition) is 1. The topological polar surface area (TPSA) is 25.2 Å². The van der Waals surface area contributed by atoms with E-state index in [-0.39, 0.29) is 0 Å². The first-order valence-corrected chi connectivity index (χ1v) is 7.00. The van der Waals surface area contributed by atoms with Crippen LogP contribution in [0.1, 0.15) is 19.4 Å². The Balaban J connectivity index is 2.38. The standard InChI is InChI=1S/C14H15BrClNO/c1-9(2)17-8-10-3-4-11(16)7-12(10)14-13(15)5-6-18-14/h3-7,9,17H,8H2,1-2H3. The van der Waals surface area contributed by atoms with Crippen molar-refractivity contribution in [2.24, 2.45) is 0 Å². The zero-order chi connectivity index (χ0) is 13.1. The van der Waals surface area contributed by atoms with Crippen molar-refractivity contribution in [1.29, 1.82) is 0 Å². The Hall–Kier alpha value is -0.770. The van der Waals surface area contributed by atoms with Gasteiger partial charge in [0.25, 0.3) is 0 Å². The monoisotopic (exact) mass is 327 g/mol. The predicted molar refractivity (Wildman–Crippen MR) is 78.8 cm³/mol. The maximum atomic E-state index is 6.07. The number of benzene rings is 1. The summed E-state index contributed by atoms with van der Waals surface area (Å²) in [5.41, 5.74) is 2.19. The Kier molecular flexibility index (Phi) is 4.49. The van der Waals surface area contributed by atoms with Crippen LogP contribution in [0.2, 0.25) is 5.02 Å². The minimum atomic E-state index is 0.438. The average Bonchev–Trinajstić information content (AvgIpc) is 2.73. The van der Waals surface area contributed by atoms with Gasteiger partial charge in [-0.05, 0) is 39.7 Å². The molecule has 96 valence electrons. The largest absolute Gasteiger partial charge is 0.463 e. The van der Waals surface area contributed by atoms with Gasteiger partial charge in [0.1, 0.15) is 5.76 Å². The Morgan fingerprint density at radius 1 is 1.33 bits per heavy atom. The van der Waals surface area contributed by atoms with Crippen LogP contribution in [0, 0.1) is 0 Å². The molecule has 18 heavy (non-hydrogen) atoms. The van der Waals surface area contributed by atoms with Crippen molar-refractivity contribution in [2.75, 3.05) is 0 Å². The third-order valence-corrected chi connectivity index (χ3v) is 3.49. The zero-order valence-corrected chi connectivity index (χ0v) is 12.7. The molecule has 0 aliphatic heterocycles. The molecule has 0 bridgehead atoms. The van der Waals surface area contributed by atoms with Crippen LogP contribution in [0.25, 0.3) is 11.3 Å². The quantitative estimate of drug-likeness (QED) is 0.867. The number of rotatable bonds is 4. The molecule has 2 nitrogen and oxygen atoms in total. The maximum Gasteiger partial charge on any atom is 0.148 e. The van der Waals surface area contributed by atoms with Gasteiger partial charge in [-0.2, -0.15) is 0 Å². The normalized spacial score (nSPS) is 11.2. The molecule has 0 radical (unpaired) electrons. The first-order valence-electron chi connectivity index (χ1n) is 5.83. The molecule has 0 amide bonds. The maximum absolute atomic E-state index is 6.07. The fourth-order valence-electron chi connectivity index (χ4n) is 1.71. The molecular formula is C14H15BrClNO. The Morgan fingerprint density at radius 2 is 2.11 bits per heavy atom. The lowest BCUT2D eigenvalue weighted by Crippen LogP contribution is -2.22. The van der Waals surface area contributed by atoms with E-state index >= 15 is 0 Å². The summed E-state index contributed by atoms with van der Waals surface area (Å²) in [5.74, 6) is 0.818. The molecule has 0 saturated carbocycles. The smallest absolute Gasteiger partial charge is 0.148 e. The van der Waals surface area contributed by atoms with Crippen molar-refractivity contribution in [1.82, 2.24) is 5.32 Å². The summed E-state index contributed by atoms with van der Waals surface area (Å²) in [7, 11) is 0. The Bertz CT molecular complexity index is 536. The van der Waals surface area contributed by atoms with Crippen LogP contribution in [0.15, 0.2) is 39.4 Å². The molecule has 4 heteroatoms. The Morgan fingerprint density at radius 3 is 2.72 bits per heavy atom. The number of furan rings is 1. The van der Waals surface area contributed by atoms with Gasteiger partial charge in [-0.15, -0.1) is 0 Å². The Labute approximate surface area is 120 Å². The zero-order valence-electron chi connectivity index (χ0n) is 10.3. The lowest BCUT2D eigenvalue weighted by Gasteiger charge is -2.12. The first kappa shape index (κ1) is 13.7. The highest BCUT2D eigenvalue weighted by atomic mass is 79.9. The summed E-state index contributed by atoms with van der Waals surface area (Å²) in [4.78, 5) is 0. The molecular weight excluding hydrogens is 314 g/mol. The van der Waals surface area contributed by atoms with E-state index in [1.807, 2.05) is 24.3 Å². The van der Waals surface area contributed by atoms with Gasteiger partial charge in [-0.3, -0.25) is 0 Å². The van der Waals surface area contributed by atoms with Gasteiger partial charge in [-0.25, -0.2) is 0 Å². The van der Waals surface area contributed by atoms with E-state index in [4.69, 9.17) is 16.0 Å². The molecule has 0 atom stereocenters. The highest BCUT2D eigenvalue weighted by molar-refractivity contribution is 9.10. The van der Waals surface area contributed by atoms with Gasteiger partial charge in [0.15, 0.2) is 0 Å². The molecule has 0 aliphatic carbocycles. The van der Waals surface area contributed by atoms with E-state index in [0.717, 1.165) is 22.3 Å². The number of hydrogen-bond acceptors (Lipinski definition) is 2. The van der Waals surface area contributed by atoms with Crippen LogP contribution in [0.4, 0.5) is 0 Å². The molecule has 0 fully saturated rings. The number of halogens is 2. The fraction of sp³-hybridized carbons (Fsp3) is 0.286. The second kappa shape index (κ2) is 5.91. The van der Waals surface area contributed by atoms with E-state index in [0.29, 0.717) is 11.1 Å². The van der Waals surface area contributed by atoms with Crippen molar-refractivity contribution in [3.05, 3.63) is 45.6 Å². The highest BCUT2D eigenvalue weighted by Crippen LogP contribution is 2.33. The molecule has 1 aromatic carbocycles. The summed E-state index contributed by atoms with van der Waals surface area (Å²) in [6.07, 6.45) is 1.67. The summed E-state index contributed by atoms with van der Waals surface area (Å²) < 4.78 is 6.46. The van der Waals surface area contributed by atoms with Gasteiger partial charge in [0.2, 0.25) is 0 Å². The third kappa shape index (κ3) is 3.16. The highest BCUT2D eigenvalue weighted by Gasteiger charge is 2.12. The van der Waals surface area contributed by atoms with Crippen LogP contribution < -0.4 is 5.32 Å². The molecule has 0 unspecified atom stereocenters. The van der Waals surface area contributed by atoms with E-state index in [1.54, 1.807) is 6.26 Å². The van der Waals surface area contributed by atoms with E-state index in [2.05, 4.69) is 35.1 Å². The first-order chi connectivity index (χ1) is 8.58. The van der Waals surface area contributed by atoms with E-state index < -0.39 is 0 Å². The summed E-state index contributed by atoms with van der Waals surface area (Å²) in [5, 5.41) is 4.11.